The van der Waals surface area contributed by atoms with Crippen LogP contribution in [0.3, 0.4) is 0 Å². The van der Waals surface area contributed by atoms with E-state index in [1.54, 1.807) is 17.6 Å². The molecule has 1 aromatic heterocycles. The first-order chi connectivity index (χ1) is 17.3. The first-order valence-electron chi connectivity index (χ1n) is 12.6. The number of aliphatic hydroxyl groups excluding tert-OH is 1. The standard InChI is InChI=1S/C27H38N4O5S/c1-15(2)9-22(34)30-24(27(4,5)6)26(36)31-13-19(32)11-20(31)25(35)28-12-18-8-7-17(10-21(18)33)23-16(3)29-14-37-23/h7-8,10,14-15,19-20,24,32-33H,9,11-13H2,1-6H3,(H,28,35)(H,30,34). The fourth-order valence-electron chi connectivity index (χ4n) is 4.44. The highest BCUT2D eigenvalue weighted by Gasteiger charge is 2.44. The molecule has 1 aliphatic heterocycles. The molecule has 37 heavy (non-hydrogen) atoms. The molecule has 3 amide bonds. The number of thiazole rings is 1. The maximum atomic E-state index is 13.6. The number of amides is 3. The summed E-state index contributed by atoms with van der Waals surface area (Å²) in [6.45, 7) is 11.4. The van der Waals surface area contributed by atoms with Crippen molar-refractivity contribution in [3.63, 3.8) is 0 Å². The Balaban J connectivity index is 1.71. The smallest absolute Gasteiger partial charge is 0.246 e. The first-order valence-corrected chi connectivity index (χ1v) is 13.4. The van der Waals surface area contributed by atoms with E-state index < -0.39 is 35.4 Å². The van der Waals surface area contributed by atoms with E-state index in [-0.39, 0.29) is 43.5 Å². The van der Waals surface area contributed by atoms with Crippen LogP contribution in [0, 0.1) is 18.3 Å². The molecule has 0 spiro atoms. The molecule has 3 rings (SSSR count). The van der Waals surface area contributed by atoms with E-state index in [2.05, 4.69) is 15.6 Å². The van der Waals surface area contributed by atoms with Gasteiger partial charge in [0.25, 0.3) is 0 Å². The van der Waals surface area contributed by atoms with Gasteiger partial charge in [0, 0.05) is 31.5 Å². The van der Waals surface area contributed by atoms with Crippen LogP contribution >= 0.6 is 11.3 Å². The van der Waals surface area contributed by atoms with Crippen LogP contribution in [0.5, 0.6) is 5.75 Å². The van der Waals surface area contributed by atoms with Crippen LogP contribution in [0.15, 0.2) is 23.7 Å². The number of hydrogen-bond donors (Lipinski definition) is 4. The lowest BCUT2D eigenvalue weighted by molar-refractivity contribution is -0.144. The monoisotopic (exact) mass is 530 g/mol. The molecule has 1 aliphatic rings. The summed E-state index contributed by atoms with van der Waals surface area (Å²) in [5.74, 6) is -0.859. The van der Waals surface area contributed by atoms with Gasteiger partial charge in [-0.25, -0.2) is 4.98 Å². The van der Waals surface area contributed by atoms with Crippen molar-refractivity contribution in [3.05, 3.63) is 35.0 Å². The Morgan fingerprint density at radius 1 is 1.24 bits per heavy atom. The molecule has 0 saturated carbocycles. The average Bonchev–Trinajstić information content (AvgIpc) is 3.40. The number of hydrogen-bond acceptors (Lipinski definition) is 7. The number of carbonyl (C=O) groups excluding carboxylic acids is 3. The molecule has 1 fully saturated rings. The first kappa shape index (κ1) is 28.6. The number of phenols is 1. The van der Waals surface area contributed by atoms with E-state index in [1.165, 1.54) is 16.2 Å². The predicted octanol–water partition coefficient (Wildman–Crippen LogP) is 2.98. The zero-order valence-electron chi connectivity index (χ0n) is 22.4. The number of carbonyl (C=O) groups is 3. The van der Waals surface area contributed by atoms with Gasteiger partial charge in [-0.2, -0.15) is 0 Å². The van der Waals surface area contributed by atoms with Gasteiger partial charge >= 0.3 is 0 Å². The number of aromatic nitrogens is 1. The molecule has 0 radical (unpaired) electrons. The van der Waals surface area contributed by atoms with Gasteiger partial charge in [0.15, 0.2) is 0 Å². The van der Waals surface area contributed by atoms with Crippen LogP contribution in [0.4, 0.5) is 0 Å². The number of nitrogens with one attached hydrogen (secondary N) is 2. The van der Waals surface area contributed by atoms with Crippen molar-refractivity contribution in [3.8, 4) is 16.2 Å². The highest BCUT2D eigenvalue weighted by atomic mass is 32.1. The SMILES string of the molecule is Cc1ncsc1-c1ccc(CNC(=O)C2CC(O)CN2C(=O)C(NC(=O)CC(C)C)C(C)(C)C)c(O)c1. The lowest BCUT2D eigenvalue weighted by atomic mass is 9.85. The zero-order valence-corrected chi connectivity index (χ0v) is 23.2. The van der Waals surface area contributed by atoms with Crippen molar-refractivity contribution in [2.24, 2.45) is 11.3 Å². The number of rotatable bonds is 8. The van der Waals surface area contributed by atoms with Crippen LogP contribution < -0.4 is 10.6 Å². The minimum atomic E-state index is -0.879. The maximum Gasteiger partial charge on any atom is 0.246 e. The van der Waals surface area contributed by atoms with Crippen LogP contribution in [0.25, 0.3) is 10.4 Å². The summed E-state index contributed by atoms with van der Waals surface area (Å²) in [7, 11) is 0. The highest BCUT2D eigenvalue weighted by Crippen LogP contribution is 2.31. The average molecular weight is 531 g/mol. The number of aliphatic hydroxyl groups is 1. The summed E-state index contributed by atoms with van der Waals surface area (Å²) in [6.07, 6.45) is -0.455. The van der Waals surface area contributed by atoms with Gasteiger partial charge in [0.1, 0.15) is 17.8 Å². The fourth-order valence-corrected chi connectivity index (χ4v) is 5.25. The van der Waals surface area contributed by atoms with E-state index in [0.717, 1.165) is 16.1 Å². The number of likely N-dealkylation sites (tertiary alicyclic amines) is 1. The molecule has 4 N–H and O–H groups in total. The Kier molecular flexibility index (Phi) is 8.96. The lowest BCUT2D eigenvalue weighted by Gasteiger charge is -2.35. The minimum Gasteiger partial charge on any atom is -0.508 e. The van der Waals surface area contributed by atoms with Crippen LogP contribution in [-0.2, 0) is 20.9 Å². The molecular weight excluding hydrogens is 492 g/mol. The Bertz CT molecular complexity index is 1140. The summed E-state index contributed by atoms with van der Waals surface area (Å²) in [4.78, 5) is 45.7. The molecule has 3 atom stereocenters. The normalized spacial score (nSPS) is 18.6. The van der Waals surface area contributed by atoms with Crippen molar-refractivity contribution in [1.82, 2.24) is 20.5 Å². The van der Waals surface area contributed by atoms with E-state index in [4.69, 9.17) is 0 Å². The Hall–Kier alpha value is -2.98. The van der Waals surface area contributed by atoms with Crippen LogP contribution in [0.2, 0.25) is 0 Å². The summed E-state index contributed by atoms with van der Waals surface area (Å²) in [6, 6.07) is 3.54. The van der Waals surface area contributed by atoms with Gasteiger partial charge in [0.05, 0.1) is 22.2 Å². The molecule has 2 aromatic rings. The van der Waals surface area contributed by atoms with Gasteiger partial charge < -0.3 is 25.7 Å². The van der Waals surface area contributed by atoms with E-state index >= 15 is 0 Å². The Labute approximate surface area is 222 Å². The molecule has 0 aliphatic carbocycles. The molecule has 3 unspecified atom stereocenters. The quantitative estimate of drug-likeness (QED) is 0.415. The molecule has 1 aromatic carbocycles. The third-order valence-electron chi connectivity index (χ3n) is 6.42. The third-order valence-corrected chi connectivity index (χ3v) is 7.40. The van der Waals surface area contributed by atoms with Gasteiger partial charge in [-0.15, -0.1) is 11.3 Å². The maximum absolute atomic E-state index is 13.6. The van der Waals surface area contributed by atoms with Crippen LogP contribution in [0.1, 0.15) is 58.7 Å². The second-order valence-electron chi connectivity index (χ2n) is 11.2. The van der Waals surface area contributed by atoms with E-state index in [0.29, 0.717) is 5.56 Å². The summed E-state index contributed by atoms with van der Waals surface area (Å²) >= 11 is 1.49. The lowest BCUT2D eigenvalue weighted by Crippen LogP contribution is -2.57. The summed E-state index contributed by atoms with van der Waals surface area (Å²) < 4.78 is 0. The molecule has 202 valence electrons. The molecule has 2 heterocycles. The van der Waals surface area contributed by atoms with Gasteiger partial charge in [-0.1, -0.05) is 46.8 Å². The topological polar surface area (TPSA) is 132 Å². The van der Waals surface area contributed by atoms with E-state index in [9.17, 15) is 24.6 Å². The summed E-state index contributed by atoms with van der Waals surface area (Å²) in [5.41, 5.74) is 3.41. The third kappa shape index (κ3) is 7.07. The molecule has 10 heteroatoms. The second kappa shape index (κ2) is 11.6. The van der Waals surface area contributed by atoms with E-state index in [1.807, 2.05) is 47.6 Å². The zero-order chi connectivity index (χ0) is 27.5. The largest absolute Gasteiger partial charge is 0.508 e. The molecule has 0 bridgehead atoms. The van der Waals surface area contributed by atoms with Crippen molar-refractivity contribution in [2.45, 2.75) is 79.1 Å². The number of benzene rings is 1. The van der Waals surface area contributed by atoms with Gasteiger partial charge in [-0.3, -0.25) is 14.4 Å². The van der Waals surface area contributed by atoms with Crippen molar-refractivity contribution in [1.29, 1.82) is 0 Å². The van der Waals surface area contributed by atoms with Crippen molar-refractivity contribution >= 4 is 29.1 Å². The fraction of sp³-hybridized carbons (Fsp3) is 0.556. The number of nitrogens with zero attached hydrogens (tertiary/aromatic N) is 2. The van der Waals surface area contributed by atoms with Gasteiger partial charge in [-0.05, 0) is 29.9 Å². The Morgan fingerprint density at radius 2 is 1.95 bits per heavy atom. The van der Waals surface area contributed by atoms with Crippen molar-refractivity contribution in [2.75, 3.05) is 6.54 Å². The minimum absolute atomic E-state index is 0.0116. The molecule has 1 saturated heterocycles. The molecule has 9 nitrogen and oxygen atoms in total. The highest BCUT2D eigenvalue weighted by molar-refractivity contribution is 7.13. The van der Waals surface area contributed by atoms with Crippen molar-refractivity contribution < 1.29 is 24.6 Å². The van der Waals surface area contributed by atoms with Crippen LogP contribution in [-0.4, -0.2) is 62.6 Å². The number of aryl methyl sites for hydroxylation is 1. The predicted molar refractivity (Wildman–Crippen MR) is 143 cm³/mol. The molecular formula is C27H38N4O5S. The van der Waals surface area contributed by atoms with Gasteiger partial charge in [0.2, 0.25) is 17.7 Å². The second-order valence-corrected chi connectivity index (χ2v) is 12.0. The number of aromatic hydroxyl groups is 1. The Morgan fingerprint density at radius 3 is 2.51 bits per heavy atom. The number of phenolic OH excluding ortho intramolecular Hbond substituents is 1. The summed E-state index contributed by atoms with van der Waals surface area (Å²) in [5, 5.41) is 26.5. The number of β-amino-alcohol motifs (C(OH)–C–C–N with tert-alkyl or cyclic N) is 1.